The first-order valence-electron chi connectivity index (χ1n) is 7.56. The lowest BCUT2D eigenvalue weighted by atomic mass is 10.1. The molecule has 2 aromatic rings. The number of aliphatic hydroxyl groups is 1. The zero-order valence-electron chi connectivity index (χ0n) is 13.3. The van der Waals surface area contributed by atoms with Gasteiger partial charge in [0.25, 0.3) is 0 Å². The van der Waals surface area contributed by atoms with Crippen LogP contribution in [0.2, 0.25) is 0 Å². The Morgan fingerprint density at radius 2 is 1.96 bits per heavy atom. The molecule has 0 radical (unpaired) electrons. The van der Waals surface area contributed by atoms with Crippen molar-refractivity contribution < 1.29 is 14.3 Å². The van der Waals surface area contributed by atoms with E-state index in [0.717, 1.165) is 17.5 Å². The average molecular weight is 315 g/mol. The summed E-state index contributed by atoms with van der Waals surface area (Å²) >= 11 is 0. The maximum Gasteiger partial charge on any atom is 0.244 e. The van der Waals surface area contributed by atoms with Crippen LogP contribution in [-0.2, 0) is 17.8 Å². The predicted octanol–water partition coefficient (Wildman–Crippen LogP) is 2.06. The molecule has 0 unspecified atom stereocenters. The number of hydrogen-bond acceptors (Lipinski definition) is 5. The molecular weight excluding hydrogens is 294 g/mol. The molecule has 2 N–H and O–H groups in total. The highest BCUT2D eigenvalue weighted by atomic mass is 16.4. The molecule has 1 aromatic heterocycles. The number of hydrogen-bond donors (Lipinski definition) is 2. The Hall–Kier alpha value is -2.47. The molecule has 0 aliphatic heterocycles. The smallest absolute Gasteiger partial charge is 0.244 e. The monoisotopic (exact) mass is 315 g/mol. The van der Waals surface area contributed by atoms with Crippen LogP contribution in [0.15, 0.2) is 34.8 Å². The first-order chi connectivity index (χ1) is 11.1. The van der Waals surface area contributed by atoms with Gasteiger partial charge in [-0.15, -0.1) is 10.2 Å². The zero-order valence-corrected chi connectivity index (χ0v) is 13.3. The van der Waals surface area contributed by atoms with Gasteiger partial charge in [-0.05, 0) is 17.5 Å². The van der Waals surface area contributed by atoms with E-state index in [-0.39, 0.29) is 18.4 Å². The van der Waals surface area contributed by atoms with Crippen LogP contribution in [0.5, 0.6) is 0 Å². The maximum atomic E-state index is 11.7. The van der Waals surface area contributed by atoms with E-state index in [1.54, 1.807) is 0 Å². The van der Waals surface area contributed by atoms with Crippen molar-refractivity contribution in [3.63, 3.8) is 0 Å². The topological polar surface area (TPSA) is 88.2 Å². The second-order valence-electron chi connectivity index (χ2n) is 5.48. The van der Waals surface area contributed by atoms with E-state index in [1.807, 2.05) is 38.1 Å². The molecule has 6 heteroatoms. The molecule has 23 heavy (non-hydrogen) atoms. The standard InChI is InChI=1S/C17H21N3O3/c1-12(2)17-20-19-16(23-17)8-7-15(22)18-10-9-13-3-5-14(11-21)6-4-13/h3-8,12,21H,9-11H2,1-2H3,(H,18,22)/b8-7+. The van der Waals surface area contributed by atoms with E-state index in [9.17, 15) is 4.79 Å². The molecule has 1 aromatic carbocycles. The Balaban J connectivity index is 1.76. The number of aliphatic hydroxyl groups excluding tert-OH is 1. The van der Waals surface area contributed by atoms with Gasteiger partial charge in [0, 0.05) is 24.6 Å². The fraction of sp³-hybridized carbons (Fsp3) is 0.353. The lowest BCUT2D eigenvalue weighted by Crippen LogP contribution is -2.23. The molecule has 1 amide bonds. The third-order valence-electron chi connectivity index (χ3n) is 3.25. The fourth-order valence-electron chi connectivity index (χ4n) is 1.89. The van der Waals surface area contributed by atoms with Crippen molar-refractivity contribution in [1.82, 2.24) is 15.5 Å². The summed E-state index contributed by atoms with van der Waals surface area (Å²) in [5.41, 5.74) is 1.98. The summed E-state index contributed by atoms with van der Waals surface area (Å²) in [5.74, 6) is 0.830. The molecule has 0 saturated heterocycles. The van der Waals surface area contributed by atoms with E-state index in [2.05, 4.69) is 15.5 Å². The zero-order chi connectivity index (χ0) is 16.7. The molecule has 0 atom stereocenters. The van der Waals surface area contributed by atoms with Crippen molar-refractivity contribution >= 4 is 12.0 Å². The number of rotatable bonds is 7. The number of carbonyl (C=O) groups is 1. The summed E-state index contributed by atoms with van der Waals surface area (Å²) in [5, 5.41) is 19.5. The van der Waals surface area contributed by atoms with Crippen molar-refractivity contribution in [3.8, 4) is 0 Å². The maximum absolute atomic E-state index is 11.7. The van der Waals surface area contributed by atoms with Crippen LogP contribution in [0.1, 0.15) is 42.7 Å². The van der Waals surface area contributed by atoms with Crippen LogP contribution in [0.3, 0.4) is 0 Å². The molecule has 0 spiro atoms. The van der Waals surface area contributed by atoms with Gasteiger partial charge in [0.2, 0.25) is 17.7 Å². The first-order valence-corrected chi connectivity index (χ1v) is 7.56. The van der Waals surface area contributed by atoms with Gasteiger partial charge in [0.05, 0.1) is 6.61 Å². The van der Waals surface area contributed by atoms with Gasteiger partial charge in [-0.1, -0.05) is 38.1 Å². The molecule has 0 saturated carbocycles. The Morgan fingerprint density at radius 3 is 2.57 bits per heavy atom. The number of amides is 1. The number of aromatic nitrogens is 2. The van der Waals surface area contributed by atoms with E-state index in [1.165, 1.54) is 12.2 Å². The quantitative estimate of drug-likeness (QED) is 0.764. The first kappa shape index (κ1) is 16.9. The molecule has 1 heterocycles. The Kier molecular flexibility index (Phi) is 6.05. The van der Waals surface area contributed by atoms with Gasteiger partial charge in [0.1, 0.15) is 0 Å². The summed E-state index contributed by atoms with van der Waals surface area (Å²) in [6.45, 7) is 4.49. The van der Waals surface area contributed by atoms with Gasteiger partial charge in [-0.3, -0.25) is 4.79 Å². The van der Waals surface area contributed by atoms with Crippen molar-refractivity contribution in [1.29, 1.82) is 0 Å². The van der Waals surface area contributed by atoms with Crippen molar-refractivity contribution in [3.05, 3.63) is 53.2 Å². The molecule has 6 nitrogen and oxygen atoms in total. The van der Waals surface area contributed by atoms with Crippen LogP contribution in [0.4, 0.5) is 0 Å². The summed E-state index contributed by atoms with van der Waals surface area (Å²) in [7, 11) is 0. The van der Waals surface area contributed by atoms with Gasteiger partial charge in [0.15, 0.2) is 0 Å². The number of nitrogens with zero attached hydrogens (tertiary/aromatic N) is 2. The fourth-order valence-corrected chi connectivity index (χ4v) is 1.89. The van der Waals surface area contributed by atoms with Crippen LogP contribution in [0.25, 0.3) is 6.08 Å². The minimum Gasteiger partial charge on any atom is -0.421 e. The molecule has 0 aliphatic rings. The van der Waals surface area contributed by atoms with Gasteiger partial charge in [-0.25, -0.2) is 0 Å². The lowest BCUT2D eigenvalue weighted by molar-refractivity contribution is -0.116. The van der Waals surface area contributed by atoms with Gasteiger partial charge in [-0.2, -0.15) is 0 Å². The van der Waals surface area contributed by atoms with Crippen molar-refractivity contribution in [2.75, 3.05) is 6.54 Å². The second kappa shape index (κ2) is 8.24. The Morgan fingerprint density at radius 1 is 1.26 bits per heavy atom. The van der Waals surface area contributed by atoms with Crippen molar-refractivity contribution in [2.45, 2.75) is 32.8 Å². The van der Waals surface area contributed by atoms with Gasteiger partial charge < -0.3 is 14.8 Å². The normalized spacial score (nSPS) is 11.3. The molecule has 2 rings (SSSR count). The second-order valence-corrected chi connectivity index (χ2v) is 5.48. The molecule has 122 valence electrons. The van der Waals surface area contributed by atoms with Crippen LogP contribution in [0, 0.1) is 0 Å². The number of nitrogens with one attached hydrogen (secondary N) is 1. The largest absolute Gasteiger partial charge is 0.421 e. The molecular formula is C17H21N3O3. The minimum atomic E-state index is -0.207. The third kappa shape index (κ3) is 5.34. The predicted molar refractivity (Wildman–Crippen MR) is 86.5 cm³/mol. The van der Waals surface area contributed by atoms with Crippen molar-refractivity contribution in [2.24, 2.45) is 0 Å². The summed E-state index contributed by atoms with van der Waals surface area (Å²) in [6.07, 6.45) is 3.61. The van der Waals surface area contributed by atoms with Gasteiger partial charge >= 0.3 is 0 Å². The number of carbonyl (C=O) groups excluding carboxylic acids is 1. The molecule has 0 bridgehead atoms. The summed E-state index contributed by atoms with van der Waals surface area (Å²) < 4.78 is 5.38. The van der Waals surface area contributed by atoms with E-state index in [0.29, 0.717) is 18.3 Å². The highest BCUT2D eigenvalue weighted by molar-refractivity contribution is 5.91. The molecule has 0 fully saturated rings. The lowest BCUT2D eigenvalue weighted by Gasteiger charge is -2.03. The van der Waals surface area contributed by atoms with E-state index >= 15 is 0 Å². The summed E-state index contributed by atoms with van der Waals surface area (Å²) in [4.78, 5) is 11.7. The summed E-state index contributed by atoms with van der Waals surface area (Å²) in [6, 6.07) is 7.64. The SMILES string of the molecule is CC(C)c1nnc(/C=C/C(=O)NCCc2ccc(CO)cc2)o1. The number of benzene rings is 1. The minimum absolute atomic E-state index is 0.0377. The average Bonchev–Trinajstić information content (AvgIpc) is 3.03. The van der Waals surface area contributed by atoms with Crippen LogP contribution >= 0.6 is 0 Å². The Bertz CT molecular complexity index is 660. The molecule has 0 aliphatic carbocycles. The van der Waals surface area contributed by atoms with Crippen LogP contribution < -0.4 is 5.32 Å². The highest BCUT2D eigenvalue weighted by Gasteiger charge is 2.07. The van der Waals surface area contributed by atoms with E-state index < -0.39 is 0 Å². The van der Waals surface area contributed by atoms with Crippen LogP contribution in [-0.4, -0.2) is 27.8 Å². The highest BCUT2D eigenvalue weighted by Crippen LogP contribution is 2.12. The van der Waals surface area contributed by atoms with E-state index in [4.69, 9.17) is 9.52 Å². The Labute approximate surface area is 135 Å². The third-order valence-corrected chi connectivity index (χ3v) is 3.25.